The van der Waals surface area contributed by atoms with Crippen molar-refractivity contribution >= 4 is 5.91 Å². The van der Waals surface area contributed by atoms with Crippen molar-refractivity contribution in [1.29, 1.82) is 0 Å². The third-order valence-corrected chi connectivity index (χ3v) is 4.47. The average molecular weight is 357 g/mol. The van der Waals surface area contributed by atoms with Gasteiger partial charge in [0, 0.05) is 31.7 Å². The molecule has 1 aliphatic heterocycles. The molecule has 26 heavy (non-hydrogen) atoms. The quantitative estimate of drug-likeness (QED) is 0.861. The number of carbonyl (C=O) groups is 1. The fourth-order valence-corrected chi connectivity index (χ4v) is 3.31. The number of aromatic nitrogens is 1. The van der Waals surface area contributed by atoms with E-state index in [4.69, 9.17) is 9.26 Å². The molecule has 1 unspecified atom stereocenters. The zero-order chi connectivity index (χ0) is 18.5. The van der Waals surface area contributed by atoms with E-state index in [9.17, 15) is 4.79 Å². The predicted octanol–water partition coefficient (Wildman–Crippen LogP) is 2.74. The minimum Gasteiger partial charge on any atom is -0.374 e. The lowest BCUT2D eigenvalue weighted by atomic mass is 10.1. The molecule has 6 heteroatoms. The van der Waals surface area contributed by atoms with Crippen molar-refractivity contribution in [3.8, 4) is 11.3 Å². The number of hydrogen-bond donors (Lipinski definition) is 1. The number of rotatable bonds is 6. The molecule has 2 aromatic rings. The van der Waals surface area contributed by atoms with Crippen LogP contribution in [0.3, 0.4) is 0 Å². The van der Waals surface area contributed by atoms with E-state index in [-0.39, 0.29) is 12.0 Å². The summed E-state index contributed by atoms with van der Waals surface area (Å²) in [7, 11) is 0. The third-order valence-electron chi connectivity index (χ3n) is 4.47. The minimum atomic E-state index is -0.174. The highest BCUT2D eigenvalue weighted by molar-refractivity contribution is 6.00. The first kappa shape index (κ1) is 18.6. The van der Waals surface area contributed by atoms with Gasteiger partial charge in [0.2, 0.25) is 0 Å². The second-order valence-electron chi connectivity index (χ2n) is 7.18. The zero-order valence-corrected chi connectivity index (χ0v) is 15.7. The molecule has 0 radical (unpaired) electrons. The molecule has 1 saturated heterocycles. The molecule has 0 aliphatic carbocycles. The molecule has 6 nitrogen and oxygen atoms in total. The summed E-state index contributed by atoms with van der Waals surface area (Å²) in [5.41, 5.74) is 1.93. The van der Waals surface area contributed by atoms with Crippen LogP contribution < -0.4 is 5.32 Å². The highest BCUT2D eigenvalue weighted by Gasteiger charge is 2.25. The summed E-state index contributed by atoms with van der Waals surface area (Å²) in [5.74, 6) is 0.968. The molecule has 140 valence electrons. The summed E-state index contributed by atoms with van der Waals surface area (Å²) < 4.78 is 11.1. The van der Waals surface area contributed by atoms with Gasteiger partial charge in [-0.1, -0.05) is 49.3 Å². The van der Waals surface area contributed by atoms with Gasteiger partial charge in [-0.2, -0.15) is 0 Å². The van der Waals surface area contributed by atoms with Crippen LogP contribution in [0, 0.1) is 12.8 Å². The smallest absolute Gasteiger partial charge is 0.257 e. The molecule has 1 N–H and O–H groups in total. The summed E-state index contributed by atoms with van der Waals surface area (Å²) in [6.07, 6.45) is 0.00629. The molecule has 0 spiro atoms. The van der Waals surface area contributed by atoms with Crippen molar-refractivity contribution in [1.82, 2.24) is 15.4 Å². The topological polar surface area (TPSA) is 67.6 Å². The van der Waals surface area contributed by atoms with E-state index < -0.39 is 0 Å². The van der Waals surface area contributed by atoms with Crippen molar-refractivity contribution in [2.24, 2.45) is 5.92 Å². The Morgan fingerprint density at radius 3 is 2.85 bits per heavy atom. The molecule has 2 heterocycles. The SMILES string of the molecule is Cc1onc(-c2ccccc2)c1C(=O)NCC1CN(CC(C)C)CCO1. The largest absolute Gasteiger partial charge is 0.374 e. The lowest BCUT2D eigenvalue weighted by Crippen LogP contribution is -2.48. The van der Waals surface area contributed by atoms with E-state index in [2.05, 4.69) is 29.2 Å². The molecule has 0 saturated carbocycles. The van der Waals surface area contributed by atoms with Crippen LogP contribution in [0.2, 0.25) is 0 Å². The summed E-state index contributed by atoms with van der Waals surface area (Å²) >= 11 is 0. The Bertz CT molecular complexity index is 727. The number of nitrogens with one attached hydrogen (secondary N) is 1. The van der Waals surface area contributed by atoms with Crippen LogP contribution in [0.15, 0.2) is 34.9 Å². The summed E-state index contributed by atoms with van der Waals surface area (Å²) in [6, 6.07) is 9.60. The van der Waals surface area contributed by atoms with Gasteiger partial charge in [0.1, 0.15) is 17.0 Å². The van der Waals surface area contributed by atoms with Gasteiger partial charge in [0.15, 0.2) is 0 Å². The molecule has 1 aromatic heterocycles. The van der Waals surface area contributed by atoms with E-state index in [0.29, 0.717) is 36.1 Å². The van der Waals surface area contributed by atoms with Gasteiger partial charge in [-0.25, -0.2) is 0 Å². The molecule has 0 bridgehead atoms. The van der Waals surface area contributed by atoms with E-state index in [1.165, 1.54) is 0 Å². The molecule has 3 rings (SSSR count). The molecular weight excluding hydrogens is 330 g/mol. The first-order valence-corrected chi connectivity index (χ1v) is 9.18. The van der Waals surface area contributed by atoms with Crippen molar-refractivity contribution in [3.63, 3.8) is 0 Å². The number of hydrogen-bond acceptors (Lipinski definition) is 5. The number of aryl methyl sites for hydroxylation is 1. The lowest BCUT2D eigenvalue weighted by Gasteiger charge is -2.33. The Hall–Kier alpha value is -2.18. The van der Waals surface area contributed by atoms with Gasteiger partial charge in [-0.05, 0) is 12.8 Å². The summed E-state index contributed by atoms with van der Waals surface area (Å²) in [4.78, 5) is 15.1. The van der Waals surface area contributed by atoms with Crippen molar-refractivity contribution in [2.75, 3.05) is 32.8 Å². The van der Waals surface area contributed by atoms with Crippen LogP contribution in [0.25, 0.3) is 11.3 Å². The highest BCUT2D eigenvalue weighted by atomic mass is 16.5. The zero-order valence-electron chi connectivity index (χ0n) is 15.7. The van der Waals surface area contributed by atoms with Gasteiger partial charge < -0.3 is 14.6 Å². The predicted molar refractivity (Wildman–Crippen MR) is 100 cm³/mol. The Balaban J connectivity index is 1.63. The number of benzene rings is 1. The van der Waals surface area contributed by atoms with Gasteiger partial charge in [0.05, 0.1) is 12.7 Å². The fraction of sp³-hybridized carbons (Fsp3) is 0.500. The number of amides is 1. The van der Waals surface area contributed by atoms with Crippen LogP contribution in [0.4, 0.5) is 0 Å². The second kappa shape index (κ2) is 8.47. The number of ether oxygens (including phenoxy) is 1. The molecule has 1 atom stereocenters. The molecule has 1 aliphatic rings. The van der Waals surface area contributed by atoms with E-state index >= 15 is 0 Å². The maximum absolute atomic E-state index is 12.7. The first-order valence-electron chi connectivity index (χ1n) is 9.18. The monoisotopic (exact) mass is 357 g/mol. The molecule has 1 fully saturated rings. The Labute approximate surface area is 154 Å². The standard InChI is InChI=1S/C20H27N3O3/c1-14(2)12-23-9-10-25-17(13-23)11-21-20(24)18-15(3)26-22-19(18)16-7-5-4-6-8-16/h4-8,14,17H,9-13H2,1-3H3,(H,21,24). The number of nitrogens with zero attached hydrogens (tertiary/aromatic N) is 2. The van der Waals surface area contributed by atoms with Crippen LogP contribution in [-0.2, 0) is 4.74 Å². The minimum absolute atomic E-state index is 0.00629. The van der Waals surface area contributed by atoms with Gasteiger partial charge in [-0.3, -0.25) is 9.69 Å². The van der Waals surface area contributed by atoms with Gasteiger partial charge in [0.25, 0.3) is 5.91 Å². The fourth-order valence-electron chi connectivity index (χ4n) is 3.31. The van der Waals surface area contributed by atoms with Crippen LogP contribution in [0.1, 0.15) is 30.0 Å². The molecular formula is C20H27N3O3. The lowest BCUT2D eigenvalue weighted by molar-refractivity contribution is -0.0295. The summed E-state index contributed by atoms with van der Waals surface area (Å²) in [6.45, 7) is 10.2. The van der Waals surface area contributed by atoms with Crippen LogP contribution in [0.5, 0.6) is 0 Å². The van der Waals surface area contributed by atoms with E-state index in [1.807, 2.05) is 30.3 Å². The van der Waals surface area contributed by atoms with E-state index in [1.54, 1.807) is 6.92 Å². The van der Waals surface area contributed by atoms with Crippen LogP contribution in [-0.4, -0.2) is 54.9 Å². The highest BCUT2D eigenvalue weighted by Crippen LogP contribution is 2.24. The molecule has 1 aromatic carbocycles. The Morgan fingerprint density at radius 1 is 1.35 bits per heavy atom. The average Bonchev–Trinajstić information content (AvgIpc) is 3.02. The Morgan fingerprint density at radius 2 is 2.12 bits per heavy atom. The molecule has 1 amide bonds. The van der Waals surface area contributed by atoms with Gasteiger partial charge in [-0.15, -0.1) is 0 Å². The van der Waals surface area contributed by atoms with Gasteiger partial charge >= 0.3 is 0 Å². The number of morpholine rings is 1. The van der Waals surface area contributed by atoms with Crippen LogP contribution >= 0.6 is 0 Å². The van der Waals surface area contributed by atoms with Crippen molar-refractivity contribution in [3.05, 3.63) is 41.7 Å². The normalized spacial score (nSPS) is 18.2. The maximum atomic E-state index is 12.7. The van der Waals surface area contributed by atoms with Crippen molar-refractivity contribution in [2.45, 2.75) is 26.9 Å². The second-order valence-corrected chi connectivity index (χ2v) is 7.18. The third kappa shape index (κ3) is 4.51. The Kier molecular flexibility index (Phi) is 6.06. The first-order chi connectivity index (χ1) is 12.5. The van der Waals surface area contributed by atoms with Crippen molar-refractivity contribution < 1.29 is 14.1 Å². The summed E-state index contributed by atoms with van der Waals surface area (Å²) in [5, 5.41) is 7.06. The number of carbonyl (C=O) groups excluding carboxylic acids is 1. The van der Waals surface area contributed by atoms with E-state index in [0.717, 1.165) is 25.2 Å². The maximum Gasteiger partial charge on any atom is 0.257 e.